The molecule has 1 aromatic carbocycles. The van der Waals surface area contributed by atoms with Crippen LogP contribution in [-0.2, 0) is 13.0 Å². The molecule has 0 bridgehead atoms. The fourth-order valence-corrected chi connectivity index (χ4v) is 4.95. The lowest BCUT2D eigenvalue weighted by Crippen LogP contribution is -3.27. The molecule has 31 heavy (non-hydrogen) atoms. The van der Waals surface area contributed by atoms with Gasteiger partial charge in [-0.25, -0.2) is 5.10 Å². The molecule has 0 radical (unpaired) electrons. The van der Waals surface area contributed by atoms with Crippen LogP contribution in [0.15, 0.2) is 30.6 Å². The summed E-state index contributed by atoms with van der Waals surface area (Å²) >= 11 is 0. The molecule has 5 rings (SSSR count). The van der Waals surface area contributed by atoms with Gasteiger partial charge in [0.2, 0.25) is 11.7 Å². The standard InChI is InChI=1S/C23H28N6O2/c1-16-11-20(17(2)29(16)23-24-15-25-26-23)21(30)14-28-8-6-27(7-9-28)13-18-3-4-22-19(12-18)5-10-31-22/h3-4,11-12,15H,5-10,13-14H2,1-2H3,(H,24,25,26)/p+2. The second kappa shape index (κ2) is 8.28. The maximum atomic E-state index is 13.1. The minimum absolute atomic E-state index is 0.205. The number of aryl methyl sites for hydroxylation is 1. The van der Waals surface area contributed by atoms with Crippen molar-refractivity contribution in [2.75, 3.05) is 39.3 Å². The van der Waals surface area contributed by atoms with Crippen molar-refractivity contribution in [3.8, 4) is 11.7 Å². The average Bonchev–Trinajstić information content (AvgIpc) is 3.50. The molecule has 4 heterocycles. The predicted octanol–water partition coefficient (Wildman–Crippen LogP) is -0.687. The number of carbonyl (C=O) groups is 1. The summed E-state index contributed by atoms with van der Waals surface area (Å²) in [5, 5.41) is 6.81. The third-order valence-electron chi connectivity index (χ3n) is 6.63. The van der Waals surface area contributed by atoms with Gasteiger partial charge in [0.15, 0.2) is 0 Å². The van der Waals surface area contributed by atoms with Gasteiger partial charge in [0.1, 0.15) is 51.3 Å². The second-order valence-electron chi connectivity index (χ2n) is 8.75. The molecule has 2 aliphatic heterocycles. The minimum atomic E-state index is 0.205. The molecule has 0 spiro atoms. The molecule has 3 aromatic rings. The normalized spacial score (nSPS) is 20.5. The third kappa shape index (κ3) is 4.00. The van der Waals surface area contributed by atoms with Gasteiger partial charge in [-0.15, -0.1) is 0 Å². The van der Waals surface area contributed by atoms with Gasteiger partial charge in [0.25, 0.3) is 0 Å². The first-order chi connectivity index (χ1) is 15.1. The van der Waals surface area contributed by atoms with Crippen LogP contribution in [0.5, 0.6) is 5.75 Å². The van der Waals surface area contributed by atoms with Crippen molar-refractivity contribution in [2.24, 2.45) is 0 Å². The first-order valence-electron chi connectivity index (χ1n) is 11.1. The summed E-state index contributed by atoms with van der Waals surface area (Å²) in [6.45, 7) is 10.6. The third-order valence-corrected chi connectivity index (χ3v) is 6.63. The second-order valence-corrected chi connectivity index (χ2v) is 8.75. The molecule has 0 amide bonds. The number of fused-ring (bicyclic) bond motifs is 1. The fraction of sp³-hybridized carbons (Fsp3) is 0.435. The quantitative estimate of drug-likeness (QED) is 0.460. The number of aromatic amines is 1. The lowest BCUT2D eigenvalue weighted by atomic mass is 10.1. The Morgan fingerprint density at radius 3 is 2.74 bits per heavy atom. The van der Waals surface area contributed by atoms with Crippen LogP contribution < -0.4 is 14.5 Å². The van der Waals surface area contributed by atoms with E-state index in [0.717, 1.165) is 68.5 Å². The molecule has 3 N–H and O–H groups in total. The van der Waals surface area contributed by atoms with Gasteiger partial charge >= 0.3 is 0 Å². The molecular formula is C23H30N6O2+2. The SMILES string of the molecule is Cc1cc(C(=O)C[NH+]2CC[NH+](Cc3ccc4c(c3)CCO4)CC2)c(C)n1-c1ncn[nH]1. The molecule has 0 atom stereocenters. The fourth-order valence-electron chi connectivity index (χ4n) is 4.95. The molecule has 2 aromatic heterocycles. The first kappa shape index (κ1) is 20.0. The largest absolute Gasteiger partial charge is 0.493 e. The average molecular weight is 423 g/mol. The van der Waals surface area contributed by atoms with E-state index in [4.69, 9.17) is 4.74 Å². The Morgan fingerprint density at radius 2 is 1.97 bits per heavy atom. The maximum Gasteiger partial charge on any atom is 0.229 e. The number of quaternary nitrogens is 2. The van der Waals surface area contributed by atoms with E-state index >= 15 is 0 Å². The maximum absolute atomic E-state index is 13.1. The van der Waals surface area contributed by atoms with Gasteiger partial charge in [-0.05, 0) is 43.7 Å². The number of piperazine rings is 1. The van der Waals surface area contributed by atoms with Gasteiger partial charge < -0.3 is 14.5 Å². The molecule has 0 aliphatic carbocycles. The van der Waals surface area contributed by atoms with E-state index < -0.39 is 0 Å². The monoisotopic (exact) mass is 422 g/mol. The summed E-state index contributed by atoms with van der Waals surface area (Å²) in [6, 6.07) is 8.60. The Balaban J connectivity index is 1.17. The number of hydrogen-bond acceptors (Lipinski definition) is 4. The van der Waals surface area contributed by atoms with E-state index in [-0.39, 0.29) is 5.78 Å². The highest BCUT2D eigenvalue weighted by molar-refractivity contribution is 5.98. The van der Waals surface area contributed by atoms with Crippen LogP contribution in [0.2, 0.25) is 0 Å². The van der Waals surface area contributed by atoms with Crippen molar-refractivity contribution in [1.82, 2.24) is 19.7 Å². The Morgan fingerprint density at radius 1 is 1.16 bits per heavy atom. The number of rotatable bonds is 6. The highest BCUT2D eigenvalue weighted by Crippen LogP contribution is 2.25. The van der Waals surface area contributed by atoms with Crippen molar-refractivity contribution < 1.29 is 19.3 Å². The molecule has 1 fully saturated rings. The predicted molar refractivity (Wildman–Crippen MR) is 115 cm³/mol. The highest BCUT2D eigenvalue weighted by atomic mass is 16.5. The lowest BCUT2D eigenvalue weighted by Gasteiger charge is -2.29. The lowest BCUT2D eigenvalue weighted by molar-refractivity contribution is -1.01. The summed E-state index contributed by atoms with van der Waals surface area (Å²) in [5.41, 5.74) is 5.43. The first-order valence-corrected chi connectivity index (χ1v) is 11.1. The Hall–Kier alpha value is -2.97. The van der Waals surface area contributed by atoms with Crippen LogP contribution in [0, 0.1) is 13.8 Å². The highest BCUT2D eigenvalue weighted by Gasteiger charge is 2.27. The van der Waals surface area contributed by atoms with Gasteiger partial charge in [0.05, 0.1) is 6.61 Å². The Labute approximate surface area is 181 Å². The Kier molecular flexibility index (Phi) is 5.33. The number of ketones is 1. The molecule has 8 nitrogen and oxygen atoms in total. The van der Waals surface area contributed by atoms with E-state index in [0.29, 0.717) is 12.5 Å². The zero-order valence-corrected chi connectivity index (χ0v) is 18.2. The number of carbonyl (C=O) groups excluding carboxylic acids is 1. The number of aromatic nitrogens is 4. The molecule has 1 saturated heterocycles. The van der Waals surface area contributed by atoms with Crippen molar-refractivity contribution >= 4 is 5.78 Å². The minimum Gasteiger partial charge on any atom is -0.493 e. The summed E-state index contributed by atoms with van der Waals surface area (Å²) in [7, 11) is 0. The van der Waals surface area contributed by atoms with E-state index in [9.17, 15) is 4.79 Å². The number of nitrogens with zero attached hydrogens (tertiary/aromatic N) is 3. The van der Waals surface area contributed by atoms with Crippen molar-refractivity contribution in [1.29, 1.82) is 0 Å². The van der Waals surface area contributed by atoms with E-state index in [1.165, 1.54) is 22.4 Å². The van der Waals surface area contributed by atoms with Crippen LogP contribution in [0.3, 0.4) is 0 Å². The number of benzene rings is 1. The Bertz CT molecular complexity index is 1080. The number of ether oxygens (including phenoxy) is 1. The molecule has 0 unspecified atom stereocenters. The zero-order valence-electron chi connectivity index (χ0n) is 18.2. The van der Waals surface area contributed by atoms with Crippen LogP contribution >= 0.6 is 0 Å². The van der Waals surface area contributed by atoms with Crippen LogP contribution in [0.1, 0.15) is 32.9 Å². The number of Topliss-reactive ketones (excluding diaryl/α,β-unsaturated/α-hetero) is 1. The van der Waals surface area contributed by atoms with Crippen LogP contribution in [0.4, 0.5) is 0 Å². The number of nitrogens with one attached hydrogen (secondary N) is 3. The van der Waals surface area contributed by atoms with Crippen molar-refractivity contribution in [3.63, 3.8) is 0 Å². The molecular weight excluding hydrogens is 392 g/mol. The van der Waals surface area contributed by atoms with Gasteiger partial charge in [-0.1, -0.05) is 0 Å². The number of H-pyrrole nitrogens is 1. The van der Waals surface area contributed by atoms with Gasteiger partial charge in [-0.2, -0.15) is 10.1 Å². The van der Waals surface area contributed by atoms with Crippen LogP contribution in [0.25, 0.3) is 5.95 Å². The number of hydrogen-bond donors (Lipinski definition) is 3. The molecule has 162 valence electrons. The smallest absolute Gasteiger partial charge is 0.229 e. The summed E-state index contributed by atoms with van der Waals surface area (Å²) in [5.74, 6) is 1.90. The zero-order chi connectivity index (χ0) is 21.4. The van der Waals surface area contributed by atoms with Gasteiger partial charge in [0, 0.05) is 28.9 Å². The van der Waals surface area contributed by atoms with Crippen LogP contribution in [-0.4, -0.2) is 64.9 Å². The summed E-state index contributed by atoms with van der Waals surface area (Å²) < 4.78 is 7.57. The molecule has 0 saturated carbocycles. The van der Waals surface area contributed by atoms with Crippen molar-refractivity contribution in [3.05, 3.63) is 58.7 Å². The van der Waals surface area contributed by atoms with E-state index in [1.807, 2.05) is 24.5 Å². The van der Waals surface area contributed by atoms with E-state index in [2.05, 4.69) is 33.4 Å². The van der Waals surface area contributed by atoms with Crippen molar-refractivity contribution in [2.45, 2.75) is 26.8 Å². The summed E-state index contributed by atoms with van der Waals surface area (Å²) in [6.07, 6.45) is 2.51. The topological polar surface area (TPSA) is 81.7 Å². The molecule has 2 aliphatic rings. The molecule has 8 heteroatoms. The van der Waals surface area contributed by atoms with E-state index in [1.54, 1.807) is 4.90 Å². The van der Waals surface area contributed by atoms with Gasteiger partial charge in [-0.3, -0.25) is 9.36 Å². The summed E-state index contributed by atoms with van der Waals surface area (Å²) in [4.78, 5) is 20.3.